The molecular formula is C14H27NO. The second kappa shape index (κ2) is 12.4. The topological polar surface area (TPSA) is 43.1 Å². The van der Waals surface area contributed by atoms with Gasteiger partial charge in [-0.05, 0) is 32.2 Å². The lowest BCUT2D eigenvalue weighted by Gasteiger charge is -1.96. The fourth-order valence-electron chi connectivity index (χ4n) is 1.57. The van der Waals surface area contributed by atoms with Gasteiger partial charge >= 0.3 is 0 Å². The molecule has 0 fully saturated rings. The number of carbonyl (C=O) groups is 1. The Morgan fingerprint density at radius 3 is 2.50 bits per heavy atom. The van der Waals surface area contributed by atoms with Gasteiger partial charge in [0, 0.05) is 12.8 Å². The molecule has 0 saturated carbocycles. The zero-order valence-electron chi connectivity index (χ0n) is 10.7. The maximum Gasteiger partial charge on any atom is 0.136 e. The van der Waals surface area contributed by atoms with Crippen molar-refractivity contribution in [2.75, 3.05) is 6.54 Å². The Morgan fingerprint density at radius 1 is 1.06 bits per heavy atom. The molecule has 0 aromatic rings. The molecule has 0 aliphatic heterocycles. The molecule has 0 heterocycles. The molecule has 0 aliphatic carbocycles. The molecule has 0 aromatic heterocycles. The summed E-state index contributed by atoms with van der Waals surface area (Å²) >= 11 is 0. The first-order valence-corrected chi connectivity index (χ1v) is 6.68. The SMILES string of the molecule is CCCCC(=O)C/C=C/CCCCCCN. The molecule has 0 rings (SSSR count). The highest BCUT2D eigenvalue weighted by Crippen LogP contribution is 2.04. The third kappa shape index (κ3) is 11.4. The van der Waals surface area contributed by atoms with Crippen LogP contribution in [-0.4, -0.2) is 12.3 Å². The summed E-state index contributed by atoms with van der Waals surface area (Å²) in [6.07, 6.45) is 13.6. The number of nitrogens with two attached hydrogens (primary N) is 1. The molecule has 0 atom stereocenters. The minimum absolute atomic E-state index is 0.376. The zero-order valence-corrected chi connectivity index (χ0v) is 10.7. The lowest BCUT2D eigenvalue weighted by atomic mass is 10.1. The highest BCUT2D eigenvalue weighted by molar-refractivity contribution is 5.79. The van der Waals surface area contributed by atoms with Crippen molar-refractivity contribution < 1.29 is 4.79 Å². The Morgan fingerprint density at radius 2 is 1.81 bits per heavy atom. The number of unbranched alkanes of at least 4 members (excludes halogenated alkanes) is 5. The van der Waals surface area contributed by atoms with E-state index in [0.717, 1.165) is 38.6 Å². The van der Waals surface area contributed by atoms with Crippen molar-refractivity contribution in [3.63, 3.8) is 0 Å². The molecule has 16 heavy (non-hydrogen) atoms. The van der Waals surface area contributed by atoms with E-state index in [2.05, 4.69) is 13.0 Å². The quantitative estimate of drug-likeness (QED) is 0.431. The van der Waals surface area contributed by atoms with Crippen molar-refractivity contribution >= 4 is 5.78 Å². The van der Waals surface area contributed by atoms with Gasteiger partial charge < -0.3 is 5.73 Å². The molecular weight excluding hydrogens is 198 g/mol. The van der Waals surface area contributed by atoms with Crippen molar-refractivity contribution in [3.8, 4) is 0 Å². The highest BCUT2D eigenvalue weighted by Gasteiger charge is 1.96. The summed E-state index contributed by atoms with van der Waals surface area (Å²) in [6, 6.07) is 0. The van der Waals surface area contributed by atoms with E-state index in [1.165, 1.54) is 19.3 Å². The van der Waals surface area contributed by atoms with Crippen molar-refractivity contribution in [1.82, 2.24) is 0 Å². The van der Waals surface area contributed by atoms with Crippen LogP contribution in [0, 0.1) is 0 Å². The number of hydrogen-bond donors (Lipinski definition) is 1. The van der Waals surface area contributed by atoms with Crippen molar-refractivity contribution in [1.29, 1.82) is 0 Å². The van der Waals surface area contributed by atoms with Gasteiger partial charge in [-0.3, -0.25) is 4.79 Å². The summed E-state index contributed by atoms with van der Waals surface area (Å²) in [5, 5.41) is 0. The van der Waals surface area contributed by atoms with Crippen LogP contribution in [0.2, 0.25) is 0 Å². The van der Waals surface area contributed by atoms with Crippen molar-refractivity contribution in [3.05, 3.63) is 12.2 Å². The highest BCUT2D eigenvalue weighted by atomic mass is 16.1. The first-order valence-electron chi connectivity index (χ1n) is 6.68. The lowest BCUT2D eigenvalue weighted by Crippen LogP contribution is -1.97. The van der Waals surface area contributed by atoms with Crippen LogP contribution in [0.3, 0.4) is 0 Å². The van der Waals surface area contributed by atoms with E-state index < -0.39 is 0 Å². The fourth-order valence-corrected chi connectivity index (χ4v) is 1.57. The third-order valence-corrected chi connectivity index (χ3v) is 2.65. The average Bonchev–Trinajstić information content (AvgIpc) is 2.30. The van der Waals surface area contributed by atoms with Crippen LogP contribution in [0.1, 0.15) is 64.7 Å². The molecule has 0 unspecified atom stereocenters. The summed E-state index contributed by atoms with van der Waals surface area (Å²) in [5.41, 5.74) is 5.41. The minimum Gasteiger partial charge on any atom is -0.330 e. The van der Waals surface area contributed by atoms with E-state index >= 15 is 0 Å². The second-order valence-corrected chi connectivity index (χ2v) is 4.31. The molecule has 2 heteroatoms. The van der Waals surface area contributed by atoms with Gasteiger partial charge in [-0.15, -0.1) is 0 Å². The summed E-state index contributed by atoms with van der Waals surface area (Å²) in [5.74, 6) is 0.376. The summed E-state index contributed by atoms with van der Waals surface area (Å²) in [6.45, 7) is 2.92. The maximum atomic E-state index is 11.3. The van der Waals surface area contributed by atoms with Gasteiger partial charge in [0.2, 0.25) is 0 Å². The standard InChI is InChI=1S/C14H27NO/c1-2-3-11-14(16)12-9-7-5-4-6-8-10-13-15/h7,9H,2-6,8,10-13,15H2,1H3/b9-7+. The van der Waals surface area contributed by atoms with E-state index in [4.69, 9.17) is 5.73 Å². The minimum atomic E-state index is 0.376. The molecule has 0 spiro atoms. The molecule has 0 aliphatic rings. The predicted molar refractivity (Wildman–Crippen MR) is 70.4 cm³/mol. The van der Waals surface area contributed by atoms with Crippen LogP contribution in [0.15, 0.2) is 12.2 Å². The van der Waals surface area contributed by atoms with E-state index in [-0.39, 0.29) is 0 Å². The number of ketones is 1. The normalized spacial score (nSPS) is 11.1. The van der Waals surface area contributed by atoms with Crippen LogP contribution in [-0.2, 0) is 4.79 Å². The van der Waals surface area contributed by atoms with Crippen molar-refractivity contribution in [2.24, 2.45) is 5.73 Å². The molecule has 0 amide bonds. The van der Waals surface area contributed by atoms with Crippen LogP contribution < -0.4 is 5.73 Å². The average molecular weight is 225 g/mol. The second-order valence-electron chi connectivity index (χ2n) is 4.31. The molecule has 2 nitrogen and oxygen atoms in total. The van der Waals surface area contributed by atoms with E-state index in [1.807, 2.05) is 6.08 Å². The smallest absolute Gasteiger partial charge is 0.136 e. The number of allylic oxidation sites excluding steroid dienone is 2. The monoisotopic (exact) mass is 225 g/mol. The Balaban J connectivity index is 3.23. The predicted octanol–water partition coefficient (Wildman–Crippen LogP) is 3.60. The Labute approximate surface area is 100 Å². The summed E-state index contributed by atoms with van der Waals surface area (Å²) < 4.78 is 0. The molecule has 94 valence electrons. The number of rotatable bonds is 11. The molecule has 0 bridgehead atoms. The van der Waals surface area contributed by atoms with Crippen molar-refractivity contribution in [2.45, 2.75) is 64.7 Å². The molecule has 2 N–H and O–H groups in total. The largest absolute Gasteiger partial charge is 0.330 e. The van der Waals surface area contributed by atoms with E-state index in [9.17, 15) is 4.79 Å². The van der Waals surface area contributed by atoms with Gasteiger partial charge in [-0.1, -0.05) is 38.3 Å². The first kappa shape index (κ1) is 15.4. The lowest BCUT2D eigenvalue weighted by molar-refractivity contribution is -0.118. The zero-order chi connectivity index (χ0) is 12.1. The summed E-state index contributed by atoms with van der Waals surface area (Å²) in [7, 11) is 0. The van der Waals surface area contributed by atoms with Gasteiger partial charge in [0.1, 0.15) is 5.78 Å². The van der Waals surface area contributed by atoms with Crippen LogP contribution >= 0.6 is 0 Å². The Bertz CT molecular complexity index is 187. The fraction of sp³-hybridized carbons (Fsp3) is 0.786. The number of carbonyl (C=O) groups excluding carboxylic acids is 1. The van der Waals surface area contributed by atoms with Crippen LogP contribution in [0.25, 0.3) is 0 Å². The van der Waals surface area contributed by atoms with Gasteiger partial charge in [-0.2, -0.15) is 0 Å². The van der Waals surface area contributed by atoms with Gasteiger partial charge in [0.15, 0.2) is 0 Å². The van der Waals surface area contributed by atoms with E-state index in [0.29, 0.717) is 12.2 Å². The Kier molecular flexibility index (Phi) is 11.9. The van der Waals surface area contributed by atoms with E-state index in [1.54, 1.807) is 0 Å². The van der Waals surface area contributed by atoms with Crippen LogP contribution in [0.5, 0.6) is 0 Å². The van der Waals surface area contributed by atoms with Gasteiger partial charge in [0.05, 0.1) is 0 Å². The molecule has 0 aromatic carbocycles. The third-order valence-electron chi connectivity index (χ3n) is 2.65. The van der Waals surface area contributed by atoms with Gasteiger partial charge in [0.25, 0.3) is 0 Å². The number of hydrogen-bond acceptors (Lipinski definition) is 2. The van der Waals surface area contributed by atoms with Crippen LogP contribution in [0.4, 0.5) is 0 Å². The maximum absolute atomic E-state index is 11.3. The Hall–Kier alpha value is -0.630. The first-order chi connectivity index (χ1) is 7.81. The van der Waals surface area contributed by atoms with Gasteiger partial charge in [-0.25, -0.2) is 0 Å². The summed E-state index contributed by atoms with van der Waals surface area (Å²) in [4.78, 5) is 11.3. The molecule has 0 radical (unpaired) electrons. The number of Topliss-reactive ketones (excluding diaryl/α,β-unsaturated/α-hetero) is 1. The molecule has 0 saturated heterocycles.